The summed E-state index contributed by atoms with van der Waals surface area (Å²) < 4.78 is 29.9. The van der Waals surface area contributed by atoms with Crippen molar-refractivity contribution < 1.29 is 23.4 Å². The molecule has 0 aliphatic heterocycles. The fraction of sp³-hybridized carbons (Fsp3) is 0.333. The van der Waals surface area contributed by atoms with Crippen LogP contribution in [0.15, 0.2) is 6.20 Å². The van der Waals surface area contributed by atoms with Gasteiger partial charge in [-0.15, -0.1) is 0 Å². The average molecular weight is 252 g/mol. The van der Waals surface area contributed by atoms with E-state index in [-0.39, 0.29) is 16.5 Å². The minimum Gasteiger partial charge on any atom is -0.496 e. The molecule has 0 atom stereocenters. The van der Waals surface area contributed by atoms with Gasteiger partial charge in [0.05, 0.1) is 19.1 Å². The van der Waals surface area contributed by atoms with E-state index >= 15 is 0 Å². The topological polar surface area (TPSA) is 59.4 Å². The average Bonchev–Trinajstić information content (AvgIpc) is 2.19. The van der Waals surface area contributed by atoms with Crippen LogP contribution in [0.25, 0.3) is 0 Å². The lowest BCUT2D eigenvalue weighted by molar-refractivity contribution is -0.136. The van der Waals surface area contributed by atoms with Gasteiger partial charge in [0.2, 0.25) is 0 Å². The Hall–Kier alpha value is -1.43. The molecule has 1 aromatic heterocycles. The number of carboxylic acid groups (broad SMARTS) is 1. The van der Waals surface area contributed by atoms with Crippen molar-refractivity contribution in [2.24, 2.45) is 0 Å². The fourth-order valence-electron chi connectivity index (χ4n) is 1.23. The second-order valence-electron chi connectivity index (χ2n) is 2.89. The number of alkyl halides is 2. The van der Waals surface area contributed by atoms with Gasteiger partial charge in [-0.25, -0.2) is 13.8 Å². The van der Waals surface area contributed by atoms with Crippen LogP contribution in [0, 0.1) is 0 Å². The Morgan fingerprint density at radius 2 is 2.31 bits per heavy atom. The molecule has 1 heterocycles. The Morgan fingerprint density at radius 1 is 1.69 bits per heavy atom. The largest absolute Gasteiger partial charge is 0.496 e. The lowest BCUT2D eigenvalue weighted by Crippen LogP contribution is -2.06. The van der Waals surface area contributed by atoms with Crippen LogP contribution in [-0.2, 0) is 11.2 Å². The molecule has 0 spiro atoms. The second kappa shape index (κ2) is 5.07. The van der Waals surface area contributed by atoms with Crippen LogP contribution in [0.5, 0.6) is 5.75 Å². The molecule has 1 rings (SSSR count). The molecule has 1 N–H and O–H groups in total. The van der Waals surface area contributed by atoms with Gasteiger partial charge in [-0.2, -0.15) is 0 Å². The van der Waals surface area contributed by atoms with E-state index in [4.69, 9.17) is 21.4 Å². The molecule has 16 heavy (non-hydrogen) atoms. The van der Waals surface area contributed by atoms with Crippen LogP contribution >= 0.6 is 11.6 Å². The second-order valence-corrected chi connectivity index (χ2v) is 3.25. The number of methoxy groups -OCH3 is 1. The summed E-state index contributed by atoms with van der Waals surface area (Å²) in [6.07, 6.45) is -2.44. The number of rotatable bonds is 4. The molecule has 0 amide bonds. The molecule has 1 aromatic rings. The zero-order chi connectivity index (χ0) is 12.3. The number of hydrogen-bond donors (Lipinski definition) is 1. The predicted octanol–water partition coefficient (Wildman–Crippen LogP) is 2.31. The van der Waals surface area contributed by atoms with Crippen LogP contribution in [0.1, 0.15) is 17.6 Å². The molecule has 4 nitrogen and oxygen atoms in total. The van der Waals surface area contributed by atoms with Crippen molar-refractivity contribution in [2.75, 3.05) is 7.11 Å². The third-order valence-electron chi connectivity index (χ3n) is 1.87. The summed E-state index contributed by atoms with van der Waals surface area (Å²) in [6, 6.07) is 0. The van der Waals surface area contributed by atoms with Crippen LogP contribution in [0.2, 0.25) is 5.15 Å². The zero-order valence-corrected chi connectivity index (χ0v) is 8.96. The number of carbonyl (C=O) groups is 1. The molecule has 0 aliphatic rings. The van der Waals surface area contributed by atoms with Gasteiger partial charge in [0.25, 0.3) is 6.43 Å². The zero-order valence-electron chi connectivity index (χ0n) is 8.21. The van der Waals surface area contributed by atoms with E-state index in [1.807, 2.05) is 0 Å². The summed E-state index contributed by atoms with van der Waals surface area (Å²) in [5.74, 6) is -1.43. The molecule has 88 valence electrons. The summed E-state index contributed by atoms with van der Waals surface area (Å²) in [5, 5.41) is 8.46. The summed E-state index contributed by atoms with van der Waals surface area (Å²) >= 11 is 5.63. The highest BCUT2D eigenvalue weighted by atomic mass is 35.5. The number of halogens is 3. The summed E-state index contributed by atoms with van der Waals surface area (Å²) in [7, 11) is 1.17. The van der Waals surface area contributed by atoms with Gasteiger partial charge in [-0.05, 0) is 0 Å². The molecule has 0 fully saturated rings. The normalized spacial score (nSPS) is 10.6. The molecule has 0 unspecified atom stereocenters. The van der Waals surface area contributed by atoms with Crippen LogP contribution in [0.3, 0.4) is 0 Å². The highest BCUT2D eigenvalue weighted by molar-refractivity contribution is 6.30. The number of aromatic nitrogens is 1. The number of aliphatic carboxylic acids is 1. The first kappa shape index (κ1) is 12.6. The monoisotopic (exact) mass is 251 g/mol. The molecule has 0 bridgehead atoms. The van der Waals surface area contributed by atoms with E-state index in [0.717, 1.165) is 6.20 Å². The van der Waals surface area contributed by atoms with E-state index in [1.165, 1.54) is 7.11 Å². The molecule has 0 aromatic carbocycles. The standard InChI is InChI=1S/C9H8ClF2NO3/c1-16-7-4(2-6(14)15)8(10)13-3-5(7)9(11)12/h3,9H,2H2,1H3,(H,14,15). The quantitative estimate of drug-likeness (QED) is 0.834. The van der Waals surface area contributed by atoms with Gasteiger partial charge in [-0.3, -0.25) is 4.79 Å². The van der Waals surface area contributed by atoms with Gasteiger partial charge >= 0.3 is 5.97 Å². The summed E-state index contributed by atoms with van der Waals surface area (Å²) in [6.45, 7) is 0. The smallest absolute Gasteiger partial charge is 0.308 e. The Bertz CT molecular complexity index is 412. The lowest BCUT2D eigenvalue weighted by atomic mass is 10.1. The van der Waals surface area contributed by atoms with Crippen LogP contribution in [0.4, 0.5) is 8.78 Å². The van der Waals surface area contributed by atoms with E-state index in [0.29, 0.717) is 0 Å². The van der Waals surface area contributed by atoms with Crippen molar-refractivity contribution in [1.29, 1.82) is 0 Å². The van der Waals surface area contributed by atoms with Crippen molar-refractivity contribution in [3.63, 3.8) is 0 Å². The van der Waals surface area contributed by atoms with Crippen molar-refractivity contribution in [3.05, 3.63) is 22.5 Å². The minimum atomic E-state index is -2.80. The maximum absolute atomic E-state index is 12.6. The molecule has 0 aliphatic carbocycles. The first-order valence-electron chi connectivity index (χ1n) is 4.18. The maximum atomic E-state index is 12.6. The van der Waals surface area contributed by atoms with Gasteiger partial charge < -0.3 is 9.84 Å². The Kier molecular flexibility index (Phi) is 4.00. The van der Waals surface area contributed by atoms with Gasteiger partial charge in [0, 0.05) is 11.8 Å². The third-order valence-corrected chi connectivity index (χ3v) is 2.20. The first-order valence-corrected chi connectivity index (χ1v) is 4.56. The summed E-state index contributed by atoms with van der Waals surface area (Å²) in [5.41, 5.74) is -0.516. The van der Waals surface area contributed by atoms with E-state index in [1.54, 1.807) is 0 Å². The SMILES string of the molecule is COc1c(C(F)F)cnc(Cl)c1CC(=O)O. The van der Waals surface area contributed by atoms with Crippen molar-refractivity contribution in [2.45, 2.75) is 12.8 Å². The van der Waals surface area contributed by atoms with E-state index in [9.17, 15) is 13.6 Å². The first-order chi connectivity index (χ1) is 7.47. The predicted molar refractivity (Wildman–Crippen MR) is 52.1 cm³/mol. The maximum Gasteiger partial charge on any atom is 0.308 e. The molecule has 0 saturated carbocycles. The van der Waals surface area contributed by atoms with Crippen LogP contribution in [-0.4, -0.2) is 23.2 Å². The molecule has 0 saturated heterocycles. The number of pyridine rings is 1. The molecular formula is C9H8ClF2NO3. The van der Waals surface area contributed by atoms with Crippen molar-refractivity contribution in [1.82, 2.24) is 4.98 Å². The third kappa shape index (κ3) is 2.57. The van der Waals surface area contributed by atoms with Crippen molar-refractivity contribution >= 4 is 17.6 Å². The van der Waals surface area contributed by atoms with Gasteiger partial charge in [0.1, 0.15) is 10.9 Å². The van der Waals surface area contributed by atoms with Crippen molar-refractivity contribution in [3.8, 4) is 5.75 Å². The number of carboxylic acids is 1. The van der Waals surface area contributed by atoms with Gasteiger partial charge in [0.15, 0.2) is 0 Å². The fourth-order valence-corrected chi connectivity index (χ4v) is 1.43. The molecular weight excluding hydrogens is 244 g/mol. The highest BCUT2D eigenvalue weighted by Gasteiger charge is 2.22. The minimum absolute atomic E-state index is 0.0468. The molecule has 0 radical (unpaired) electrons. The number of ether oxygens (including phenoxy) is 1. The highest BCUT2D eigenvalue weighted by Crippen LogP contribution is 2.34. The Labute approximate surface area is 94.8 Å². The molecule has 7 heteroatoms. The van der Waals surface area contributed by atoms with E-state index in [2.05, 4.69) is 4.98 Å². The number of hydrogen-bond acceptors (Lipinski definition) is 3. The Balaban J connectivity index is 3.32. The van der Waals surface area contributed by atoms with E-state index < -0.39 is 24.4 Å². The van der Waals surface area contributed by atoms with Gasteiger partial charge in [-0.1, -0.05) is 11.6 Å². The summed E-state index contributed by atoms with van der Waals surface area (Å²) in [4.78, 5) is 14.0. The lowest BCUT2D eigenvalue weighted by Gasteiger charge is -2.12. The Morgan fingerprint density at radius 3 is 2.75 bits per heavy atom. The van der Waals surface area contributed by atoms with Crippen LogP contribution < -0.4 is 4.74 Å². The number of nitrogens with zero attached hydrogens (tertiary/aromatic N) is 1.